The Labute approximate surface area is 173 Å². The first-order chi connectivity index (χ1) is 14.1. The van der Waals surface area contributed by atoms with Crippen molar-refractivity contribution in [2.24, 2.45) is 0 Å². The molecule has 2 N–H and O–H groups in total. The van der Waals surface area contributed by atoms with Crippen molar-refractivity contribution in [3.8, 4) is 5.75 Å². The highest BCUT2D eigenvalue weighted by molar-refractivity contribution is 7.99. The topological polar surface area (TPSA) is 70.5 Å². The van der Waals surface area contributed by atoms with Crippen LogP contribution in [0.25, 0.3) is 0 Å². The van der Waals surface area contributed by atoms with Crippen molar-refractivity contribution in [2.45, 2.75) is 48.6 Å². The second-order valence-electron chi connectivity index (χ2n) is 8.07. The second kappa shape index (κ2) is 7.65. The van der Waals surface area contributed by atoms with E-state index in [1.54, 1.807) is 23.9 Å². The average Bonchev–Trinajstić information content (AvgIpc) is 3.35. The first kappa shape index (κ1) is 18.9. The number of anilines is 2. The maximum Gasteiger partial charge on any atom is 0.227 e. The van der Waals surface area contributed by atoms with Gasteiger partial charge in [0.2, 0.25) is 5.95 Å². The van der Waals surface area contributed by atoms with E-state index < -0.39 is 0 Å². The van der Waals surface area contributed by atoms with Crippen LogP contribution in [-0.4, -0.2) is 52.2 Å². The summed E-state index contributed by atoms with van der Waals surface area (Å²) in [4.78, 5) is 13.1. The van der Waals surface area contributed by atoms with Crippen molar-refractivity contribution in [3.05, 3.63) is 35.8 Å². The average molecular weight is 417 g/mol. The minimum Gasteiger partial charge on any atom is -0.490 e. The molecule has 2 aliphatic heterocycles. The van der Waals surface area contributed by atoms with Gasteiger partial charge in [0.15, 0.2) is 0 Å². The molecular weight excluding hydrogens is 391 g/mol. The maximum absolute atomic E-state index is 13.1. The largest absolute Gasteiger partial charge is 0.490 e. The lowest BCUT2D eigenvalue weighted by atomic mass is 10.1. The first-order valence-corrected chi connectivity index (χ1v) is 11.2. The molecule has 29 heavy (non-hydrogen) atoms. The molecule has 6 nitrogen and oxygen atoms in total. The molecule has 0 radical (unpaired) electrons. The summed E-state index contributed by atoms with van der Waals surface area (Å²) in [6.45, 7) is 1.78. The summed E-state index contributed by atoms with van der Waals surface area (Å²) in [6, 6.07) is 6.20. The van der Waals surface area contributed by atoms with Crippen LogP contribution in [0.2, 0.25) is 0 Å². The third-order valence-electron chi connectivity index (χ3n) is 5.89. The number of aliphatic hydroxyl groups is 1. The van der Waals surface area contributed by atoms with Gasteiger partial charge in [-0.3, -0.25) is 0 Å². The van der Waals surface area contributed by atoms with Crippen molar-refractivity contribution in [1.82, 2.24) is 9.97 Å². The van der Waals surface area contributed by atoms with Gasteiger partial charge in [-0.05, 0) is 37.1 Å². The highest BCUT2D eigenvalue weighted by atomic mass is 32.2. The van der Waals surface area contributed by atoms with Gasteiger partial charge in [-0.1, -0.05) is 0 Å². The van der Waals surface area contributed by atoms with Crippen LogP contribution in [0, 0.1) is 5.82 Å². The number of piperidine rings is 1. The van der Waals surface area contributed by atoms with Gasteiger partial charge in [0.25, 0.3) is 0 Å². The van der Waals surface area contributed by atoms with Gasteiger partial charge < -0.3 is 20.1 Å². The summed E-state index contributed by atoms with van der Waals surface area (Å²) in [5.74, 6) is 3.13. The number of benzene rings is 1. The SMILES string of the molecule is OCC1(Nc2nc(N3CCC(Oc4ccc(F)cc4)CC3)nc3c2SCC3)CC1. The molecule has 1 saturated heterocycles. The Hall–Kier alpha value is -2.06. The molecule has 1 aromatic carbocycles. The lowest BCUT2D eigenvalue weighted by molar-refractivity contribution is 0.170. The number of ether oxygens (including phenoxy) is 1. The van der Waals surface area contributed by atoms with Crippen LogP contribution in [0.1, 0.15) is 31.4 Å². The summed E-state index contributed by atoms with van der Waals surface area (Å²) in [5.41, 5.74) is 0.916. The number of aromatic nitrogens is 2. The maximum atomic E-state index is 13.1. The fourth-order valence-electron chi connectivity index (χ4n) is 3.88. The van der Waals surface area contributed by atoms with Crippen LogP contribution in [0.5, 0.6) is 5.75 Å². The Morgan fingerprint density at radius 2 is 1.97 bits per heavy atom. The number of thioether (sulfide) groups is 1. The van der Waals surface area contributed by atoms with E-state index in [0.29, 0.717) is 5.75 Å². The number of nitrogens with one attached hydrogen (secondary N) is 1. The second-order valence-corrected chi connectivity index (χ2v) is 9.17. The van der Waals surface area contributed by atoms with E-state index in [2.05, 4.69) is 10.2 Å². The van der Waals surface area contributed by atoms with E-state index >= 15 is 0 Å². The summed E-state index contributed by atoms with van der Waals surface area (Å²) in [7, 11) is 0. The molecule has 154 valence electrons. The molecule has 0 bridgehead atoms. The molecule has 1 aliphatic carbocycles. The van der Waals surface area contributed by atoms with E-state index in [4.69, 9.17) is 14.7 Å². The van der Waals surface area contributed by atoms with Crippen molar-refractivity contribution in [3.63, 3.8) is 0 Å². The molecule has 3 aliphatic rings. The first-order valence-electron chi connectivity index (χ1n) is 10.2. The Morgan fingerprint density at radius 3 is 2.66 bits per heavy atom. The number of hydrogen-bond donors (Lipinski definition) is 2. The molecule has 2 fully saturated rings. The highest BCUT2D eigenvalue weighted by Crippen LogP contribution is 2.43. The van der Waals surface area contributed by atoms with Crippen molar-refractivity contribution < 1.29 is 14.2 Å². The zero-order valence-electron chi connectivity index (χ0n) is 16.2. The van der Waals surface area contributed by atoms with Crippen LogP contribution in [0.15, 0.2) is 29.2 Å². The molecule has 0 spiro atoms. The van der Waals surface area contributed by atoms with Gasteiger partial charge >= 0.3 is 0 Å². The van der Waals surface area contributed by atoms with Crippen LogP contribution >= 0.6 is 11.8 Å². The summed E-state index contributed by atoms with van der Waals surface area (Å²) >= 11 is 1.80. The molecule has 8 heteroatoms. The molecule has 2 aromatic rings. The van der Waals surface area contributed by atoms with Gasteiger partial charge in [0.1, 0.15) is 23.5 Å². The zero-order chi connectivity index (χ0) is 19.8. The van der Waals surface area contributed by atoms with E-state index in [1.807, 2.05) is 0 Å². The molecule has 1 saturated carbocycles. The van der Waals surface area contributed by atoms with Gasteiger partial charge in [-0.2, -0.15) is 4.98 Å². The monoisotopic (exact) mass is 416 g/mol. The van der Waals surface area contributed by atoms with E-state index in [-0.39, 0.29) is 24.1 Å². The number of rotatable bonds is 6. The Kier molecular flexibility index (Phi) is 4.99. The predicted octanol–water partition coefficient (Wildman–Crippen LogP) is 3.25. The Morgan fingerprint density at radius 1 is 1.21 bits per heavy atom. The van der Waals surface area contributed by atoms with Crippen LogP contribution < -0.4 is 15.0 Å². The zero-order valence-corrected chi connectivity index (χ0v) is 17.1. The molecule has 0 unspecified atom stereocenters. The molecular formula is C21H25FN4O2S. The molecule has 3 heterocycles. The lowest BCUT2D eigenvalue weighted by Gasteiger charge is -2.32. The minimum absolute atomic E-state index is 0.114. The summed E-state index contributed by atoms with van der Waals surface area (Å²) in [5, 5.41) is 13.2. The normalized spacial score (nSPS) is 20.4. The summed E-state index contributed by atoms with van der Waals surface area (Å²) in [6.07, 6.45) is 4.78. The van der Waals surface area contributed by atoms with Gasteiger partial charge in [-0.25, -0.2) is 9.37 Å². The number of aryl methyl sites for hydroxylation is 1. The van der Waals surface area contributed by atoms with Crippen molar-refractivity contribution in [1.29, 1.82) is 0 Å². The Balaban J connectivity index is 1.27. The van der Waals surface area contributed by atoms with Crippen LogP contribution in [0.4, 0.5) is 16.2 Å². The molecule has 0 amide bonds. The fraction of sp³-hybridized carbons (Fsp3) is 0.524. The quantitative estimate of drug-likeness (QED) is 0.749. The van der Waals surface area contributed by atoms with Crippen LogP contribution in [-0.2, 0) is 6.42 Å². The van der Waals surface area contributed by atoms with Gasteiger partial charge in [0.05, 0.1) is 22.7 Å². The van der Waals surface area contributed by atoms with Crippen molar-refractivity contribution >= 4 is 23.5 Å². The number of nitrogens with zero attached hydrogens (tertiary/aromatic N) is 3. The number of hydrogen-bond acceptors (Lipinski definition) is 7. The van der Waals surface area contributed by atoms with Crippen molar-refractivity contribution in [2.75, 3.05) is 35.7 Å². The number of fused-ring (bicyclic) bond motifs is 1. The van der Waals surface area contributed by atoms with E-state index in [0.717, 1.165) is 73.3 Å². The van der Waals surface area contributed by atoms with E-state index in [9.17, 15) is 9.50 Å². The lowest BCUT2D eigenvalue weighted by Crippen LogP contribution is -2.39. The van der Waals surface area contributed by atoms with Gasteiger partial charge in [-0.15, -0.1) is 11.8 Å². The molecule has 5 rings (SSSR count). The van der Waals surface area contributed by atoms with Crippen LogP contribution in [0.3, 0.4) is 0 Å². The smallest absolute Gasteiger partial charge is 0.227 e. The Bertz CT molecular complexity index is 883. The van der Waals surface area contributed by atoms with E-state index in [1.165, 1.54) is 12.1 Å². The standard InChI is InChI=1S/C21H25FN4O2S/c22-14-1-3-15(4-2-14)28-16-5-10-26(11-6-16)20-23-17-7-12-29-18(17)19(24-20)25-21(13-27)8-9-21/h1-4,16,27H,5-13H2,(H,23,24,25). The predicted molar refractivity (Wildman–Crippen MR) is 111 cm³/mol. The third-order valence-corrected chi connectivity index (χ3v) is 7.02. The fourth-order valence-corrected chi connectivity index (χ4v) is 4.93. The van der Waals surface area contributed by atoms with Gasteiger partial charge in [0, 0.05) is 38.1 Å². The molecule has 0 atom stereocenters. The minimum atomic E-state index is -0.252. The summed E-state index contributed by atoms with van der Waals surface area (Å²) < 4.78 is 19.1. The third kappa shape index (κ3) is 4.00. The molecule has 1 aromatic heterocycles. The highest BCUT2D eigenvalue weighted by Gasteiger charge is 2.43. The number of halogens is 1. The number of aliphatic hydroxyl groups excluding tert-OH is 1.